The summed E-state index contributed by atoms with van der Waals surface area (Å²) >= 11 is 0. The van der Waals surface area contributed by atoms with E-state index >= 15 is 0 Å². The van der Waals surface area contributed by atoms with Gasteiger partial charge in [0.1, 0.15) is 11.8 Å². The number of hydrogen-bond donors (Lipinski definition) is 3. The van der Waals surface area contributed by atoms with Crippen LogP contribution in [0.3, 0.4) is 0 Å². The zero-order chi connectivity index (χ0) is 28.4. The van der Waals surface area contributed by atoms with Crippen LogP contribution in [-0.2, 0) is 9.59 Å². The topological polar surface area (TPSA) is 103 Å². The molecule has 0 radical (unpaired) electrons. The predicted octanol–water partition coefficient (Wildman–Crippen LogP) is 2.50. The molecule has 11 heteroatoms. The molecule has 2 aliphatic heterocycles. The highest BCUT2D eigenvalue weighted by atomic mass is 19.2. The molecule has 9 nitrogen and oxygen atoms in total. The lowest BCUT2D eigenvalue weighted by Gasteiger charge is -2.37. The minimum Gasteiger partial charge on any atom is -0.493 e. The van der Waals surface area contributed by atoms with Gasteiger partial charge in [0.15, 0.2) is 11.6 Å². The monoisotopic (exact) mass is 537 g/mol. The number of likely N-dealkylation sites (tertiary alicyclic amines) is 2. The Bertz CT molecular complexity index is 1030. The Labute approximate surface area is 223 Å². The second-order valence-corrected chi connectivity index (χ2v) is 11.6. The number of benzene rings is 1. The first kappa shape index (κ1) is 29.6. The maximum absolute atomic E-state index is 14.0. The van der Waals surface area contributed by atoms with Gasteiger partial charge < -0.3 is 30.5 Å². The molecule has 1 aromatic carbocycles. The standard InChI is InChI=1S/C27H41F2N5O4/c1-15(2)31-26(37)34-13-17(14-38-18-8-9-19(28)20(29)12-18)22-21(34)10-11-33(22)25(36)23(27(4,5)6)32-24(35)16(3)30-7/h8-9,12,15-17,21-23,30H,10-11,13-14H2,1-7H3,(H,31,37)(H,32,35)/t16-,17+,21+,22+,23+/m0/s1. The summed E-state index contributed by atoms with van der Waals surface area (Å²) in [5.74, 6) is -2.58. The van der Waals surface area contributed by atoms with Gasteiger partial charge in [-0.25, -0.2) is 13.6 Å². The van der Waals surface area contributed by atoms with Crippen molar-refractivity contribution < 1.29 is 27.9 Å². The number of carbonyl (C=O) groups is 3. The van der Waals surface area contributed by atoms with Crippen LogP contribution in [0.25, 0.3) is 0 Å². The Kier molecular flexibility index (Phi) is 9.22. The van der Waals surface area contributed by atoms with Crippen molar-refractivity contribution in [3.05, 3.63) is 29.8 Å². The summed E-state index contributed by atoms with van der Waals surface area (Å²) in [6.45, 7) is 12.0. The van der Waals surface area contributed by atoms with Crippen LogP contribution in [-0.4, -0.2) is 84.6 Å². The van der Waals surface area contributed by atoms with Gasteiger partial charge >= 0.3 is 6.03 Å². The van der Waals surface area contributed by atoms with Crippen LogP contribution in [0.15, 0.2) is 18.2 Å². The van der Waals surface area contributed by atoms with E-state index < -0.39 is 29.1 Å². The first-order chi connectivity index (χ1) is 17.7. The molecule has 3 rings (SSSR count). The Balaban J connectivity index is 1.87. The third-order valence-electron chi connectivity index (χ3n) is 7.27. The molecular formula is C27H41F2N5O4. The molecule has 2 heterocycles. The number of fused-ring (bicyclic) bond motifs is 1. The van der Waals surface area contributed by atoms with E-state index in [4.69, 9.17) is 4.74 Å². The Hall–Kier alpha value is -2.95. The Morgan fingerprint density at radius 2 is 1.76 bits per heavy atom. The zero-order valence-corrected chi connectivity index (χ0v) is 23.3. The molecule has 1 aromatic rings. The van der Waals surface area contributed by atoms with E-state index in [9.17, 15) is 23.2 Å². The molecule has 2 fully saturated rings. The fourth-order valence-corrected chi connectivity index (χ4v) is 5.16. The van der Waals surface area contributed by atoms with Gasteiger partial charge in [-0.2, -0.15) is 0 Å². The number of carbonyl (C=O) groups excluding carboxylic acids is 3. The van der Waals surface area contributed by atoms with Gasteiger partial charge in [0, 0.05) is 31.1 Å². The average Bonchev–Trinajstić information content (AvgIpc) is 3.42. The molecule has 0 bridgehead atoms. The first-order valence-corrected chi connectivity index (χ1v) is 13.2. The summed E-state index contributed by atoms with van der Waals surface area (Å²) in [6.07, 6.45) is 0.585. The van der Waals surface area contributed by atoms with E-state index in [1.54, 1.807) is 23.8 Å². The number of hydrogen-bond acceptors (Lipinski definition) is 5. The number of urea groups is 1. The van der Waals surface area contributed by atoms with Crippen molar-refractivity contribution in [3.63, 3.8) is 0 Å². The van der Waals surface area contributed by atoms with E-state index in [-0.39, 0.29) is 54.2 Å². The summed E-state index contributed by atoms with van der Waals surface area (Å²) < 4.78 is 32.9. The lowest BCUT2D eigenvalue weighted by Crippen LogP contribution is -2.59. The summed E-state index contributed by atoms with van der Waals surface area (Å²) in [7, 11) is 1.68. The van der Waals surface area contributed by atoms with E-state index in [0.717, 1.165) is 12.1 Å². The van der Waals surface area contributed by atoms with E-state index in [2.05, 4.69) is 16.0 Å². The number of likely N-dealkylation sites (N-methyl/N-ethyl adjacent to an activating group) is 1. The highest BCUT2D eigenvalue weighted by Gasteiger charge is 2.53. The SMILES string of the molecule is CN[C@@H](C)C(=O)N[C@H](C(=O)N1CC[C@@H]2[C@H]1[C@@H](COc1ccc(F)c(F)c1)CN2C(=O)NC(C)C)C(C)(C)C. The minimum atomic E-state index is -1.01. The number of nitrogens with one attached hydrogen (secondary N) is 3. The summed E-state index contributed by atoms with van der Waals surface area (Å²) in [5, 5.41) is 8.74. The van der Waals surface area contributed by atoms with Crippen molar-refractivity contribution in [2.24, 2.45) is 11.3 Å². The Morgan fingerprint density at radius 1 is 1.08 bits per heavy atom. The van der Waals surface area contributed by atoms with Gasteiger partial charge in [-0.05, 0) is 51.8 Å². The maximum atomic E-state index is 14.0. The molecule has 2 saturated heterocycles. The van der Waals surface area contributed by atoms with Gasteiger partial charge in [-0.1, -0.05) is 20.8 Å². The van der Waals surface area contributed by atoms with Crippen molar-refractivity contribution in [3.8, 4) is 5.75 Å². The lowest BCUT2D eigenvalue weighted by atomic mass is 9.85. The van der Waals surface area contributed by atoms with Gasteiger partial charge in [0.05, 0.1) is 24.7 Å². The van der Waals surface area contributed by atoms with Crippen molar-refractivity contribution >= 4 is 17.8 Å². The quantitative estimate of drug-likeness (QED) is 0.473. The first-order valence-electron chi connectivity index (χ1n) is 13.2. The molecule has 212 valence electrons. The zero-order valence-electron chi connectivity index (χ0n) is 23.3. The highest BCUT2D eigenvalue weighted by molar-refractivity contribution is 5.90. The van der Waals surface area contributed by atoms with Gasteiger partial charge in [0.2, 0.25) is 11.8 Å². The normalized spacial score (nSPS) is 22.7. The molecule has 0 spiro atoms. The molecule has 38 heavy (non-hydrogen) atoms. The van der Waals surface area contributed by atoms with Crippen molar-refractivity contribution in [1.29, 1.82) is 0 Å². The van der Waals surface area contributed by atoms with Crippen LogP contribution in [0.2, 0.25) is 0 Å². The lowest BCUT2D eigenvalue weighted by molar-refractivity contribution is -0.141. The predicted molar refractivity (Wildman–Crippen MR) is 140 cm³/mol. The average molecular weight is 538 g/mol. The molecule has 2 aliphatic rings. The summed E-state index contributed by atoms with van der Waals surface area (Å²) in [4.78, 5) is 43.2. The summed E-state index contributed by atoms with van der Waals surface area (Å²) in [5.41, 5.74) is -0.566. The van der Waals surface area contributed by atoms with Crippen LogP contribution in [0.1, 0.15) is 48.0 Å². The third kappa shape index (κ3) is 6.54. The smallest absolute Gasteiger partial charge is 0.317 e. The van der Waals surface area contributed by atoms with Crippen LogP contribution < -0.4 is 20.7 Å². The van der Waals surface area contributed by atoms with Gasteiger partial charge in [-0.15, -0.1) is 0 Å². The van der Waals surface area contributed by atoms with Crippen molar-refractivity contribution in [2.75, 3.05) is 26.7 Å². The molecule has 0 aliphatic carbocycles. The van der Waals surface area contributed by atoms with E-state index in [1.165, 1.54) is 6.07 Å². The van der Waals surface area contributed by atoms with Gasteiger partial charge in [-0.3, -0.25) is 9.59 Å². The van der Waals surface area contributed by atoms with E-state index in [1.807, 2.05) is 34.6 Å². The van der Waals surface area contributed by atoms with Crippen molar-refractivity contribution in [1.82, 2.24) is 25.8 Å². The van der Waals surface area contributed by atoms with E-state index in [0.29, 0.717) is 19.5 Å². The number of amides is 4. The van der Waals surface area contributed by atoms with Crippen LogP contribution in [0.4, 0.5) is 13.6 Å². The van der Waals surface area contributed by atoms with Crippen LogP contribution in [0, 0.1) is 23.0 Å². The highest BCUT2D eigenvalue weighted by Crippen LogP contribution is 2.37. The number of ether oxygens (including phenoxy) is 1. The fourth-order valence-electron chi connectivity index (χ4n) is 5.16. The fraction of sp³-hybridized carbons (Fsp3) is 0.667. The van der Waals surface area contributed by atoms with Crippen LogP contribution >= 0.6 is 0 Å². The Morgan fingerprint density at radius 3 is 2.34 bits per heavy atom. The molecule has 0 saturated carbocycles. The second kappa shape index (κ2) is 11.8. The minimum absolute atomic E-state index is 0.0628. The second-order valence-electron chi connectivity index (χ2n) is 11.6. The summed E-state index contributed by atoms with van der Waals surface area (Å²) in [6, 6.07) is 1.21. The van der Waals surface area contributed by atoms with Crippen molar-refractivity contribution in [2.45, 2.75) is 78.2 Å². The molecule has 0 aromatic heterocycles. The number of rotatable bonds is 8. The third-order valence-corrected chi connectivity index (χ3v) is 7.27. The maximum Gasteiger partial charge on any atom is 0.317 e. The molecule has 4 amide bonds. The molecular weight excluding hydrogens is 496 g/mol. The molecule has 0 unspecified atom stereocenters. The molecule has 5 atom stereocenters. The van der Waals surface area contributed by atoms with Gasteiger partial charge in [0.25, 0.3) is 0 Å². The molecule has 3 N–H and O–H groups in total. The largest absolute Gasteiger partial charge is 0.493 e. The number of halogens is 2. The number of nitrogens with zero attached hydrogens (tertiary/aromatic N) is 2. The van der Waals surface area contributed by atoms with Crippen LogP contribution in [0.5, 0.6) is 5.75 Å².